The molecule has 2 heterocycles. The number of ether oxygens (including phenoxy) is 2. The van der Waals surface area contributed by atoms with Crippen LogP contribution in [0.15, 0.2) is 48.3 Å². The van der Waals surface area contributed by atoms with Crippen LogP contribution in [0.1, 0.15) is 37.8 Å². The van der Waals surface area contributed by atoms with Crippen LogP contribution in [0.2, 0.25) is 0 Å². The molecule has 0 spiro atoms. The van der Waals surface area contributed by atoms with Crippen LogP contribution in [0.3, 0.4) is 0 Å². The fourth-order valence-corrected chi connectivity index (χ4v) is 4.74. The molecule has 4 unspecified atom stereocenters. The maximum Gasteiger partial charge on any atom is 0.290 e. The predicted molar refractivity (Wildman–Crippen MR) is 107 cm³/mol. The molecule has 0 saturated heterocycles. The molecule has 0 radical (unpaired) electrons. The molecule has 2 aliphatic heterocycles. The van der Waals surface area contributed by atoms with Crippen LogP contribution < -0.4 is 4.74 Å². The van der Waals surface area contributed by atoms with Crippen LogP contribution in [0.5, 0.6) is 5.75 Å². The summed E-state index contributed by atoms with van der Waals surface area (Å²) in [4.78, 5) is 28.1. The number of Topliss-reactive ketones (excluding diaryl/α,β-unsaturated/α-hetero) is 1. The smallest absolute Gasteiger partial charge is 0.290 e. The number of benzene rings is 1. The third-order valence-corrected chi connectivity index (χ3v) is 6.09. The molecule has 1 aromatic carbocycles. The second-order valence-corrected chi connectivity index (χ2v) is 8.08. The number of hydrogen-bond donors (Lipinski definition) is 1. The van der Waals surface area contributed by atoms with Gasteiger partial charge in [0.05, 0.1) is 24.1 Å². The Morgan fingerprint density at radius 2 is 2.17 bits per heavy atom. The lowest BCUT2D eigenvalue weighted by atomic mass is 9.74. The standard InChI is InChI=1S/C23H27NO5/c1-3-11-28-16-6-4-5-15(13-16)20-19-21(26)17-12-14(2)7-8-18(17)29-22(19)23(27)24(20)9-10-25/h3-6,13-14,17-18,20,25H,1,7-12H2,2H3. The van der Waals surface area contributed by atoms with Crippen molar-refractivity contribution in [2.75, 3.05) is 19.8 Å². The third kappa shape index (κ3) is 3.46. The lowest BCUT2D eigenvalue weighted by Gasteiger charge is -2.37. The summed E-state index contributed by atoms with van der Waals surface area (Å²) in [5, 5.41) is 9.55. The molecule has 0 aromatic heterocycles. The van der Waals surface area contributed by atoms with Gasteiger partial charge in [-0.1, -0.05) is 31.7 Å². The van der Waals surface area contributed by atoms with E-state index in [9.17, 15) is 14.7 Å². The van der Waals surface area contributed by atoms with E-state index in [4.69, 9.17) is 9.47 Å². The van der Waals surface area contributed by atoms with Gasteiger partial charge < -0.3 is 19.5 Å². The van der Waals surface area contributed by atoms with Crippen LogP contribution in [-0.2, 0) is 14.3 Å². The Kier molecular flexibility index (Phi) is 5.46. The lowest BCUT2D eigenvalue weighted by Crippen LogP contribution is -2.41. The Balaban J connectivity index is 1.74. The van der Waals surface area contributed by atoms with E-state index in [0.29, 0.717) is 23.8 Å². The van der Waals surface area contributed by atoms with Crippen LogP contribution in [0, 0.1) is 11.8 Å². The summed E-state index contributed by atoms with van der Waals surface area (Å²) in [6.45, 7) is 6.13. The van der Waals surface area contributed by atoms with Gasteiger partial charge in [0.2, 0.25) is 0 Å². The topological polar surface area (TPSA) is 76.1 Å². The molecule has 29 heavy (non-hydrogen) atoms. The van der Waals surface area contributed by atoms with Gasteiger partial charge >= 0.3 is 0 Å². The third-order valence-electron chi connectivity index (χ3n) is 6.09. The van der Waals surface area contributed by atoms with Crippen molar-refractivity contribution in [2.45, 2.75) is 38.3 Å². The molecule has 4 atom stereocenters. The number of carbonyl (C=O) groups is 2. The molecule has 1 aromatic rings. The number of carbonyl (C=O) groups excluding carboxylic acids is 2. The second kappa shape index (κ2) is 8.03. The second-order valence-electron chi connectivity index (χ2n) is 8.08. The van der Waals surface area contributed by atoms with Gasteiger partial charge in [-0.2, -0.15) is 0 Å². The molecule has 1 saturated carbocycles. The van der Waals surface area contributed by atoms with Gasteiger partial charge in [-0.15, -0.1) is 0 Å². The highest BCUT2D eigenvalue weighted by atomic mass is 16.5. The van der Waals surface area contributed by atoms with Crippen LogP contribution >= 0.6 is 0 Å². The first kappa shape index (κ1) is 19.7. The van der Waals surface area contributed by atoms with E-state index in [0.717, 1.165) is 24.8 Å². The van der Waals surface area contributed by atoms with Crippen molar-refractivity contribution < 1.29 is 24.2 Å². The molecule has 6 heteroatoms. The van der Waals surface area contributed by atoms with Gasteiger partial charge in [-0.25, -0.2) is 0 Å². The summed E-state index contributed by atoms with van der Waals surface area (Å²) >= 11 is 0. The Bertz CT molecular complexity index is 861. The van der Waals surface area contributed by atoms with Gasteiger partial charge in [0.1, 0.15) is 18.5 Å². The quantitative estimate of drug-likeness (QED) is 0.747. The van der Waals surface area contributed by atoms with Gasteiger partial charge in [0.25, 0.3) is 5.91 Å². The average molecular weight is 397 g/mol. The van der Waals surface area contributed by atoms with E-state index in [1.807, 2.05) is 24.3 Å². The molecule has 3 aliphatic rings. The number of β-amino-alcohol motifs (C(OH)–C–C–N with tert-alkyl or cyclic N) is 1. The van der Waals surface area contributed by atoms with Crippen molar-refractivity contribution >= 4 is 11.7 Å². The maximum absolute atomic E-state index is 13.5. The lowest BCUT2D eigenvalue weighted by molar-refractivity contribution is -0.136. The highest BCUT2D eigenvalue weighted by Crippen LogP contribution is 2.47. The summed E-state index contributed by atoms with van der Waals surface area (Å²) in [5.41, 5.74) is 1.21. The number of nitrogens with zero attached hydrogens (tertiary/aromatic N) is 1. The zero-order valence-electron chi connectivity index (χ0n) is 16.7. The minimum absolute atomic E-state index is 0.0130. The Morgan fingerprint density at radius 3 is 2.93 bits per heavy atom. The molecule has 0 bridgehead atoms. The summed E-state index contributed by atoms with van der Waals surface area (Å²) in [6.07, 6.45) is 4.00. The molecular formula is C23H27NO5. The molecule has 154 valence electrons. The minimum atomic E-state index is -0.567. The minimum Gasteiger partial charge on any atom is -0.490 e. The van der Waals surface area contributed by atoms with Crippen molar-refractivity contribution in [2.24, 2.45) is 11.8 Å². The van der Waals surface area contributed by atoms with E-state index < -0.39 is 6.04 Å². The number of rotatable bonds is 6. The van der Waals surface area contributed by atoms with E-state index in [-0.39, 0.29) is 42.6 Å². The summed E-state index contributed by atoms with van der Waals surface area (Å²) in [7, 11) is 0. The predicted octanol–water partition coefficient (Wildman–Crippen LogP) is 2.79. The average Bonchev–Trinajstić information content (AvgIpc) is 3.00. The molecule has 1 N–H and O–H groups in total. The first-order valence-corrected chi connectivity index (χ1v) is 10.3. The summed E-state index contributed by atoms with van der Waals surface area (Å²) in [5.74, 6) is 0.761. The van der Waals surface area contributed by atoms with E-state index in [1.54, 1.807) is 6.08 Å². The number of ketones is 1. The zero-order valence-corrected chi connectivity index (χ0v) is 16.7. The number of fused-ring (bicyclic) bond motifs is 1. The van der Waals surface area contributed by atoms with Crippen molar-refractivity contribution in [3.8, 4) is 5.75 Å². The largest absolute Gasteiger partial charge is 0.490 e. The number of aliphatic hydroxyl groups is 1. The Morgan fingerprint density at radius 1 is 1.34 bits per heavy atom. The zero-order chi connectivity index (χ0) is 20.5. The SMILES string of the molecule is C=CCOc1cccc(C2C3=C(OC4CCC(C)CC4C3=O)C(=O)N2CCO)c1. The molecule has 1 fully saturated rings. The monoisotopic (exact) mass is 397 g/mol. The first-order chi connectivity index (χ1) is 14.0. The van der Waals surface area contributed by atoms with Crippen LogP contribution in [-0.4, -0.2) is 47.6 Å². The molecular weight excluding hydrogens is 370 g/mol. The van der Waals surface area contributed by atoms with E-state index in [2.05, 4.69) is 13.5 Å². The van der Waals surface area contributed by atoms with Gasteiger partial charge in [0, 0.05) is 6.54 Å². The molecule has 4 rings (SSSR count). The highest BCUT2D eigenvalue weighted by molar-refractivity contribution is 6.11. The number of amides is 1. The number of aliphatic hydroxyl groups excluding tert-OH is 1. The van der Waals surface area contributed by atoms with Gasteiger partial charge in [-0.3, -0.25) is 9.59 Å². The van der Waals surface area contributed by atoms with Crippen molar-refractivity contribution in [3.05, 3.63) is 53.8 Å². The fraction of sp³-hybridized carbons (Fsp3) is 0.478. The Labute approximate surface area is 170 Å². The molecule has 1 aliphatic carbocycles. The summed E-state index contributed by atoms with van der Waals surface area (Å²) < 4.78 is 11.7. The highest BCUT2D eigenvalue weighted by Gasteiger charge is 2.52. The van der Waals surface area contributed by atoms with Crippen LogP contribution in [0.25, 0.3) is 0 Å². The Hall–Kier alpha value is -2.60. The normalized spacial score (nSPS) is 28.7. The molecule has 1 amide bonds. The molecule has 6 nitrogen and oxygen atoms in total. The summed E-state index contributed by atoms with van der Waals surface area (Å²) in [6, 6.07) is 6.82. The van der Waals surface area contributed by atoms with Gasteiger partial charge in [-0.05, 0) is 42.9 Å². The van der Waals surface area contributed by atoms with Crippen molar-refractivity contribution in [3.63, 3.8) is 0 Å². The first-order valence-electron chi connectivity index (χ1n) is 10.3. The fourth-order valence-electron chi connectivity index (χ4n) is 4.74. The van der Waals surface area contributed by atoms with Gasteiger partial charge in [0.15, 0.2) is 11.5 Å². The maximum atomic E-state index is 13.5. The number of hydrogen-bond acceptors (Lipinski definition) is 5. The van der Waals surface area contributed by atoms with Crippen LogP contribution in [0.4, 0.5) is 0 Å². The van der Waals surface area contributed by atoms with Crippen molar-refractivity contribution in [1.29, 1.82) is 0 Å². The van der Waals surface area contributed by atoms with Crippen molar-refractivity contribution in [1.82, 2.24) is 4.90 Å². The van der Waals surface area contributed by atoms with E-state index >= 15 is 0 Å². The van der Waals surface area contributed by atoms with E-state index in [1.165, 1.54) is 4.90 Å².